The van der Waals surface area contributed by atoms with Gasteiger partial charge in [0.25, 0.3) is 11.5 Å². The van der Waals surface area contributed by atoms with Crippen molar-refractivity contribution in [2.75, 3.05) is 0 Å². The number of esters is 2. The summed E-state index contributed by atoms with van der Waals surface area (Å²) in [6, 6.07) is 0. The molecule has 0 saturated carbocycles. The predicted octanol–water partition coefficient (Wildman–Crippen LogP) is -0.667. The maximum Gasteiger partial charge on any atom is 0.385 e. The lowest BCUT2D eigenvalue weighted by molar-refractivity contribution is -0.160. The Morgan fingerprint density at radius 3 is 1.76 bits per heavy atom. The molecule has 94 valence electrons. The van der Waals surface area contributed by atoms with Crippen molar-refractivity contribution in [3.63, 3.8) is 0 Å². The number of rotatable bonds is 5. The second-order valence-electron chi connectivity index (χ2n) is 2.66. The van der Waals surface area contributed by atoms with E-state index in [0.717, 1.165) is 0 Å². The predicted molar refractivity (Wildman–Crippen MR) is 47.9 cm³/mol. The van der Waals surface area contributed by atoms with E-state index >= 15 is 0 Å². The van der Waals surface area contributed by atoms with E-state index < -0.39 is 48.2 Å². The van der Waals surface area contributed by atoms with E-state index in [4.69, 9.17) is 20.4 Å². The summed E-state index contributed by atoms with van der Waals surface area (Å²) in [6.45, 7) is 0. The van der Waals surface area contributed by atoms with Crippen LogP contribution >= 0.6 is 0 Å². The van der Waals surface area contributed by atoms with Crippen molar-refractivity contribution in [3.8, 4) is 0 Å². The highest BCUT2D eigenvalue weighted by atomic mass is 16.6. The smallest absolute Gasteiger partial charge is 0.385 e. The Labute approximate surface area is 93.5 Å². The van der Waals surface area contributed by atoms with Crippen LogP contribution < -0.4 is 0 Å². The molecule has 4 N–H and O–H groups in total. The Kier molecular flexibility index (Phi) is 5.18. The van der Waals surface area contributed by atoms with Gasteiger partial charge in [-0.3, -0.25) is 9.59 Å². The van der Waals surface area contributed by atoms with Crippen LogP contribution in [-0.2, 0) is 23.9 Å². The van der Waals surface area contributed by atoms with Crippen LogP contribution in [0.25, 0.3) is 0 Å². The van der Waals surface area contributed by atoms with Crippen molar-refractivity contribution in [2.24, 2.45) is 0 Å². The van der Waals surface area contributed by atoms with Crippen LogP contribution in [0.1, 0.15) is 12.8 Å². The number of carbonyl (C=O) groups excluding carboxylic acids is 2. The highest BCUT2D eigenvalue weighted by Gasteiger charge is 2.23. The molecule has 0 rings (SSSR count). The van der Waals surface area contributed by atoms with E-state index in [9.17, 15) is 19.2 Å². The van der Waals surface area contributed by atoms with Gasteiger partial charge in [-0.15, -0.1) is 0 Å². The number of carboxylic acids is 2. The molecule has 0 unspecified atom stereocenters. The summed E-state index contributed by atoms with van der Waals surface area (Å²) in [4.78, 5) is 41.8. The highest BCUT2D eigenvalue weighted by Crippen LogP contribution is 2.03. The van der Waals surface area contributed by atoms with Gasteiger partial charge in [-0.25, -0.2) is 9.59 Å². The molecule has 17 heavy (non-hydrogen) atoms. The molecule has 0 aliphatic heterocycles. The number of hydrogen-bond donors (Lipinski definition) is 4. The molecule has 0 aliphatic rings. The minimum absolute atomic E-state index is 0.596. The normalized spacial score (nSPS) is 11.3. The molecule has 0 aromatic carbocycles. The van der Waals surface area contributed by atoms with E-state index in [-0.39, 0.29) is 0 Å². The van der Waals surface area contributed by atoms with Gasteiger partial charge in [0.2, 0.25) is 0 Å². The summed E-state index contributed by atoms with van der Waals surface area (Å²) < 4.78 is 3.86. The van der Waals surface area contributed by atoms with Gasteiger partial charge >= 0.3 is 23.9 Å². The molecule has 0 aliphatic carbocycles. The minimum Gasteiger partial charge on any atom is -0.499 e. The third kappa shape index (κ3) is 5.16. The maximum atomic E-state index is 10.8. The van der Waals surface area contributed by atoms with Gasteiger partial charge in [-0.05, 0) is 0 Å². The van der Waals surface area contributed by atoms with Gasteiger partial charge in [0.05, 0.1) is 12.8 Å². The molecule has 0 bridgehead atoms. The van der Waals surface area contributed by atoms with E-state index in [1.54, 1.807) is 0 Å². The SMILES string of the molecule is O=C(O)CCC(=O)OC(=O)/C(O)=C(/O)C(=O)O. The molecule has 0 aromatic heterocycles. The van der Waals surface area contributed by atoms with Gasteiger partial charge < -0.3 is 25.2 Å². The second-order valence-corrected chi connectivity index (χ2v) is 2.66. The fourth-order valence-electron chi connectivity index (χ4n) is 0.610. The third-order valence-electron chi connectivity index (χ3n) is 1.37. The van der Waals surface area contributed by atoms with Gasteiger partial charge in [-0.1, -0.05) is 0 Å². The first kappa shape index (κ1) is 14.4. The molecule has 0 amide bonds. The molecular weight excluding hydrogens is 240 g/mol. The molecule has 0 radical (unpaired) electrons. The van der Waals surface area contributed by atoms with Crippen molar-refractivity contribution >= 4 is 23.9 Å². The first-order valence-corrected chi connectivity index (χ1v) is 4.08. The quantitative estimate of drug-likeness (QED) is 0.214. The molecule has 0 aromatic rings. The van der Waals surface area contributed by atoms with Crippen molar-refractivity contribution < 1.29 is 44.3 Å². The maximum absolute atomic E-state index is 10.8. The molecule has 0 atom stereocenters. The van der Waals surface area contributed by atoms with Crippen LogP contribution in [0.2, 0.25) is 0 Å². The Morgan fingerprint density at radius 1 is 0.824 bits per heavy atom. The largest absolute Gasteiger partial charge is 0.499 e. The zero-order chi connectivity index (χ0) is 13.6. The molecule has 9 heteroatoms. The number of carboxylic acid groups (broad SMARTS) is 2. The lowest BCUT2D eigenvalue weighted by Gasteiger charge is -2.01. The van der Waals surface area contributed by atoms with Crippen molar-refractivity contribution in [1.82, 2.24) is 0 Å². The molecule has 0 heterocycles. The zero-order valence-corrected chi connectivity index (χ0v) is 8.24. The first-order valence-electron chi connectivity index (χ1n) is 4.08. The van der Waals surface area contributed by atoms with E-state index in [2.05, 4.69) is 4.74 Å². The van der Waals surface area contributed by atoms with Gasteiger partial charge in [0, 0.05) is 0 Å². The fraction of sp³-hybridized carbons (Fsp3) is 0.250. The van der Waals surface area contributed by atoms with Crippen LogP contribution in [0, 0.1) is 0 Å². The van der Waals surface area contributed by atoms with Crippen molar-refractivity contribution in [1.29, 1.82) is 0 Å². The number of carbonyl (C=O) groups is 4. The van der Waals surface area contributed by atoms with Crippen molar-refractivity contribution in [2.45, 2.75) is 12.8 Å². The number of aliphatic hydroxyl groups is 2. The second kappa shape index (κ2) is 6.10. The topological polar surface area (TPSA) is 158 Å². The van der Waals surface area contributed by atoms with Crippen molar-refractivity contribution in [3.05, 3.63) is 11.5 Å². The summed E-state index contributed by atoms with van der Waals surface area (Å²) in [7, 11) is 0. The number of aliphatic hydroxyl groups excluding tert-OH is 2. The fourth-order valence-corrected chi connectivity index (χ4v) is 0.610. The zero-order valence-electron chi connectivity index (χ0n) is 8.24. The van der Waals surface area contributed by atoms with E-state index in [1.165, 1.54) is 0 Å². The van der Waals surface area contributed by atoms with Crippen LogP contribution in [-0.4, -0.2) is 44.3 Å². The third-order valence-corrected chi connectivity index (χ3v) is 1.37. The Balaban J connectivity index is 4.46. The summed E-state index contributed by atoms with van der Waals surface area (Å²) in [6.07, 6.45) is -1.23. The average Bonchev–Trinajstić information content (AvgIpc) is 2.23. The lowest BCUT2D eigenvalue weighted by atomic mass is 10.3. The molecule has 0 saturated heterocycles. The Bertz CT molecular complexity index is 392. The monoisotopic (exact) mass is 248 g/mol. The molecule has 0 spiro atoms. The van der Waals surface area contributed by atoms with Gasteiger partial charge in [0.1, 0.15) is 0 Å². The number of hydrogen-bond acceptors (Lipinski definition) is 7. The lowest BCUT2D eigenvalue weighted by Crippen LogP contribution is -2.18. The summed E-state index contributed by atoms with van der Waals surface area (Å²) in [5.41, 5.74) is 0. The summed E-state index contributed by atoms with van der Waals surface area (Å²) in [5, 5.41) is 33.8. The Hall–Kier alpha value is -2.58. The summed E-state index contributed by atoms with van der Waals surface area (Å²) >= 11 is 0. The van der Waals surface area contributed by atoms with Crippen LogP contribution in [0.3, 0.4) is 0 Å². The average molecular weight is 248 g/mol. The van der Waals surface area contributed by atoms with Gasteiger partial charge in [-0.2, -0.15) is 0 Å². The minimum atomic E-state index is -1.99. The van der Waals surface area contributed by atoms with E-state index in [0.29, 0.717) is 0 Å². The first-order chi connectivity index (χ1) is 7.75. The van der Waals surface area contributed by atoms with Crippen LogP contribution in [0.5, 0.6) is 0 Å². The molecule has 9 nitrogen and oxygen atoms in total. The highest BCUT2D eigenvalue weighted by molar-refractivity contribution is 6.00. The summed E-state index contributed by atoms with van der Waals surface area (Å²) in [5.74, 6) is -9.68. The van der Waals surface area contributed by atoms with Crippen LogP contribution in [0.4, 0.5) is 0 Å². The standard InChI is InChI=1S/C8H8O9/c9-3(10)1-2-4(11)17-8(16)6(13)5(12)7(14)15/h12-13H,1-2H2,(H,9,10)(H,14,15)/b6-5-. The van der Waals surface area contributed by atoms with Crippen LogP contribution in [0.15, 0.2) is 11.5 Å². The Morgan fingerprint density at radius 2 is 1.35 bits per heavy atom. The number of aliphatic carboxylic acids is 2. The van der Waals surface area contributed by atoms with Gasteiger partial charge in [0.15, 0.2) is 0 Å². The number of ether oxygens (including phenoxy) is 1. The molecule has 0 fully saturated rings. The molecular formula is C8H8O9. The van der Waals surface area contributed by atoms with E-state index in [1.807, 2.05) is 0 Å².